The van der Waals surface area contributed by atoms with Crippen LogP contribution in [0.2, 0.25) is 5.02 Å². The molecule has 0 spiro atoms. The number of rotatable bonds is 8. The van der Waals surface area contributed by atoms with Crippen LogP contribution in [0.3, 0.4) is 0 Å². The fraction of sp³-hybridized carbons (Fsp3) is 0.357. The molecule has 0 unspecified atom stereocenters. The maximum absolute atomic E-state index is 11.1. The monoisotopic (exact) mass is 503 g/mol. The van der Waals surface area contributed by atoms with E-state index in [-0.39, 0.29) is 0 Å². The molecule has 0 radical (unpaired) electrons. The molecule has 7 nitrogen and oxygen atoms in total. The Morgan fingerprint density at radius 2 is 1.67 bits per heavy atom. The highest BCUT2D eigenvalue weighted by atomic mass is 35.5. The molecule has 0 amide bonds. The molecule has 2 aromatic carbocycles. The number of benzene rings is 2. The van der Waals surface area contributed by atoms with Crippen molar-refractivity contribution in [1.82, 2.24) is 20.1 Å². The topological polar surface area (TPSA) is 87.9 Å². The summed E-state index contributed by atoms with van der Waals surface area (Å²) in [6, 6.07) is 16.3. The molecule has 36 heavy (non-hydrogen) atoms. The summed E-state index contributed by atoms with van der Waals surface area (Å²) in [5.41, 5.74) is 6.17. The third kappa shape index (κ3) is 5.68. The molecule has 8 heteroatoms. The molecule has 1 aliphatic rings. The van der Waals surface area contributed by atoms with Gasteiger partial charge in [-0.05, 0) is 51.2 Å². The Hall–Kier alpha value is -3.45. The zero-order valence-electron chi connectivity index (χ0n) is 20.5. The predicted octanol–water partition coefficient (Wildman–Crippen LogP) is 6.00. The van der Waals surface area contributed by atoms with Crippen molar-refractivity contribution in [2.75, 3.05) is 18.0 Å². The number of aromatic nitrogens is 4. The maximum Gasteiger partial charge on any atom is 0.438 e. The molecule has 5 rings (SSSR count). The van der Waals surface area contributed by atoms with Gasteiger partial charge < -0.3 is 4.90 Å². The van der Waals surface area contributed by atoms with Crippen LogP contribution in [0.1, 0.15) is 49.2 Å². The van der Waals surface area contributed by atoms with Gasteiger partial charge in [0.2, 0.25) is 0 Å². The van der Waals surface area contributed by atoms with Gasteiger partial charge >= 0.3 is 5.76 Å². The summed E-state index contributed by atoms with van der Waals surface area (Å²) in [6.45, 7) is 3.98. The lowest BCUT2D eigenvalue weighted by Crippen LogP contribution is -2.27. The number of aromatic amines is 1. The van der Waals surface area contributed by atoms with E-state index in [1.165, 1.54) is 5.56 Å². The van der Waals surface area contributed by atoms with Gasteiger partial charge in [-0.15, -0.1) is 0 Å². The first-order chi connectivity index (χ1) is 17.6. The fourth-order valence-corrected chi connectivity index (χ4v) is 4.79. The number of unbranched alkanes of at least 4 members (excludes halogenated alkanes) is 2. The van der Waals surface area contributed by atoms with Crippen molar-refractivity contribution in [1.29, 1.82) is 0 Å². The van der Waals surface area contributed by atoms with Crippen LogP contribution < -0.4 is 10.7 Å². The van der Waals surface area contributed by atoms with Gasteiger partial charge in [-0.2, -0.15) is 0 Å². The van der Waals surface area contributed by atoms with Gasteiger partial charge in [0.15, 0.2) is 11.6 Å². The lowest BCUT2D eigenvalue weighted by molar-refractivity contribution is 0.380. The molecule has 0 saturated carbocycles. The number of hydrogen-bond acceptors (Lipinski definition) is 6. The number of halogens is 1. The SMILES string of the molecule is Cc1ccc(-c2nc3c(nc2-c2ccc(Cl)cc2)N(CCCCCc2noc(=O)[nH]2)CCCC3)cc1. The summed E-state index contributed by atoms with van der Waals surface area (Å²) >= 11 is 6.19. The van der Waals surface area contributed by atoms with Crippen LogP contribution in [0.15, 0.2) is 57.8 Å². The van der Waals surface area contributed by atoms with Crippen LogP contribution in [-0.4, -0.2) is 33.2 Å². The highest BCUT2D eigenvalue weighted by molar-refractivity contribution is 6.30. The molecule has 0 atom stereocenters. The van der Waals surface area contributed by atoms with Crippen molar-refractivity contribution >= 4 is 17.4 Å². The Morgan fingerprint density at radius 1 is 0.944 bits per heavy atom. The zero-order chi connectivity index (χ0) is 24.9. The molecule has 0 saturated heterocycles. The summed E-state index contributed by atoms with van der Waals surface area (Å²) in [5, 5.41) is 4.45. The Balaban J connectivity index is 1.41. The van der Waals surface area contributed by atoms with Crippen LogP contribution in [0.5, 0.6) is 0 Å². The first kappa shape index (κ1) is 24.3. The number of aryl methyl sites for hydroxylation is 3. The van der Waals surface area contributed by atoms with E-state index in [2.05, 4.69) is 50.8 Å². The molecule has 2 aromatic heterocycles. The van der Waals surface area contributed by atoms with Crippen LogP contribution in [-0.2, 0) is 12.8 Å². The van der Waals surface area contributed by atoms with Crippen LogP contribution in [0.25, 0.3) is 22.5 Å². The number of anilines is 1. The molecule has 1 aliphatic heterocycles. The second kappa shape index (κ2) is 11.1. The van der Waals surface area contributed by atoms with E-state index in [0.29, 0.717) is 17.3 Å². The number of H-pyrrole nitrogens is 1. The summed E-state index contributed by atoms with van der Waals surface area (Å²) in [6.07, 6.45) is 6.86. The highest BCUT2D eigenvalue weighted by Gasteiger charge is 2.22. The highest BCUT2D eigenvalue weighted by Crippen LogP contribution is 2.35. The molecule has 186 valence electrons. The average molecular weight is 504 g/mol. The first-order valence-corrected chi connectivity index (χ1v) is 13.0. The quantitative estimate of drug-likeness (QED) is 0.296. The molecule has 3 heterocycles. The second-order valence-electron chi connectivity index (χ2n) is 9.36. The molecular weight excluding hydrogens is 474 g/mol. The van der Waals surface area contributed by atoms with Gasteiger partial charge in [-0.3, -0.25) is 9.51 Å². The van der Waals surface area contributed by atoms with E-state index in [9.17, 15) is 4.79 Å². The van der Waals surface area contributed by atoms with Crippen molar-refractivity contribution in [3.8, 4) is 22.5 Å². The van der Waals surface area contributed by atoms with Gasteiger partial charge in [0.05, 0.1) is 17.1 Å². The predicted molar refractivity (Wildman–Crippen MR) is 142 cm³/mol. The van der Waals surface area contributed by atoms with Gasteiger partial charge in [-0.1, -0.05) is 65.1 Å². The molecule has 0 bridgehead atoms. The lowest BCUT2D eigenvalue weighted by atomic mass is 10.0. The van der Waals surface area contributed by atoms with Crippen molar-refractivity contribution in [2.24, 2.45) is 0 Å². The third-order valence-corrected chi connectivity index (χ3v) is 6.86. The van der Waals surface area contributed by atoms with E-state index in [0.717, 1.165) is 85.6 Å². The van der Waals surface area contributed by atoms with E-state index in [1.807, 2.05) is 24.3 Å². The van der Waals surface area contributed by atoms with E-state index >= 15 is 0 Å². The van der Waals surface area contributed by atoms with Gasteiger partial charge in [0.1, 0.15) is 0 Å². The summed E-state index contributed by atoms with van der Waals surface area (Å²) < 4.78 is 4.58. The molecule has 0 aliphatic carbocycles. The Labute approximate surface area is 215 Å². The minimum absolute atomic E-state index is 0.494. The molecule has 0 fully saturated rings. The fourth-order valence-electron chi connectivity index (χ4n) is 4.66. The molecule has 1 N–H and O–H groups in total. The van der Waals surface area contributed by atoms with E-state index in [1.54, 1.807) is 0 Å². The average Bonchev–Trinajstić information content (AvgIpc) is 3.20. The maximum atomic E-state index is 11.1. The largest absolute Gasteiger partial charge is 0.438 e. The van der Waals surface area contributed by atoms with E-state index in [4.69, 9.17) is 21.6 Å². The number of nitrogens with one attached hydrogen (secondary N) is 1. The van der Waals surface area contributed by atoms with Crippen molar-refractivity contribution in [3.05, 3.63) is 81.2 Å². The summed E-state index contributed by atoms with van der Waals surface area (Å²) in [7, 11) is 0. The van der Waals surface area contributed by atoms with Crippen LogP contribution >= 0.6 is 11.6 Å². The summed E-state index contributed by atoms with van der Waals surface area (Å²) in [5.74, 6) is 1.11. The standard InChI is InChI=1S/C28H30ClN5O2/c1-19-9-11-20(12-10-19)25-26(21-13-15-22(29)16-14-21)32-27-23(30-25)7-4-6-18-34(27)17-5-2-3-8-24-31-28(35)36-33-24/h9-16H,2-8,17-18H2,1H3,(H,31,33,35). The van der Waals surface area contributed by atoms with Crippen LogP contribution in [0.4, 0.5) is 5.82 Å². The Kier molecular flexibility index (Phi) is 7.47. The minimum atomic E-state index is -0.494. The van der Waals surface area contributed by atoms with Crippen molar-refractivity contribution in [2.45, 2.75) is 51.9 Å². The lowest BCUT2D eigenvalue weighted by Gasteiger charge is -2.25. The van der Waals surface area contributed by atoms with Crippen LogP contribution in [0, 0.1) is 6.92 Å². The Bertz CT molecular complexity index is 1360. The smallest absolute Gasteiger partial charge is 0.355 e. The van der Waals surface area contributed by atoms with Gasteiger partial charge in [0, 0.05) is 35.7 Å². The van der Waals surface area contributed by atoms with Gasteiger partial charge in [-0.25, -0.2) is 14.8 Å². The Morgan fingerprint density at radius 3 is 2.39 bits per heavy atom. The number of fused-ring (bicyclic) bond motifs is 1. The van der Waals surface area contributed by atoms with Crippen molar-refractivity contribution in [3.63, 3.8) is 0 Å². The van der Waals surface area contributed by atoms with E-state index < -0.39 is 5.76 Å². The molecular formula is C28H30ClN5O2. The number of hydrogen-bond donors (Lipinski definition) is 1. The zero-order valence-corrected chi connectivity index (χ0v) is 21.2. The molecule has 4 aromatic rings. The number of nitrogens with zero attached hydrogens (tertiary/aromatic N) is 4. The normalized spacial score (nSPS) is 13.4. The summed E-state index contributed by atoms with van der Waals surface area (Å²) in [4.78, 5) is 26.6. The third-order valence-electron chi connectivity index (χ3n) is 6.61. The minimum Gasteiger partial charge on any atom is -0.355 e. The van der Waals surface area contributed by atoms with Gasteiger partial charge in [0.25, 0.3) is 0 Å². The first-order valence-electron chi connectivity index (χ1n) is 12.6. The second-order valence-corrected chi connectivity index (χ2v) is 9.80. The van der Waals surface area contributed by atoms with Crippen molar-refractivity contribution < 1.29 is 4.52 Å².